The Kier molecular flexibility index (Phi) is 4.37. The third-order valence-electron chi connectivity index (χ3n) is 3.69. The van der Waals surface area contributed by atoms with Gasteiger partial charge in [0.05, 0.1) is 0 Å². The number of carbonyl (C=O) groups excluding carboxylic acids is 3. The minimum Gasteiger partial charge on any atom is -0.343 e. The average Bonchev–Trinajstić information content (AvgIpc) is 2.48. The molecule has 1 fully saturated rings. The Bertz CT molecular complexity index is 568. The van der Waals surface area contributed by atoms with Crippen LogP contribution in [0.15, 0.2) is 24.3 Å². The number of hydrogen-bond donors (Lipinski definition) is 2. The second kappa shape index (κ2) is 6.05. The molecule has 1 aromatic rings. The molecule has 2 unspecified atom stereocenters. The minimum atomic E-state index is -0.832. The molecule has 2 atom stereocenters. The van der Waals surface area contributed by atoms with Crippen LogP contribution in [0.1, 0.15) is 30.0 Å². The number of nitrogens with two attached hydrogens (primary N) is 1. The van der Waals surface area contributed by atoms with Crippen molar-refractivity contribution in [1.82, 2.24) is 10.2 Å². The third-order valence-corrected chi connectivity index (χ3v) is 3.69. The number of piperidine rings is 1. The van der Waals surface area contributed by atoms with E-state index in [-0.39, 0.29) is 12.3 Å². The fourth-order valence-corrected chi connectivity index (χ4v) is 2.24. The second-order valence-electron chi connectivity index (χ2n) is 5.28. The summed E-state index contributed by atoms with van der Waals surface area (Å²) in [7, 11) is 1.42. The van der Waals surface area contributed by atoms with Gasteiger partial charge in [-0.15, -0.1) is 0 Å². The van der Waals surface area contributed by atoms with E-state index in [4.69, 9.17) is 5.73 Å². The normalized spacial score (nSPS) is 20.3. The summed E-state index contributed by atoms with van der Waals surface area (Å²) in [4.78, 5) is 36.5. The van der Waals surface area contributed by atoms with E-state index in [0.717, 1.165) is 10.5 Å². The zero-order chi connectivity index (χ0) is 15.6. The predicted molar refractivity (Wildman–Crippen MR) is 77.0 cm³/mol. The standard InChI is InChI=1S/C15H19N3O3/c1-9-3-5-10(6-4-9)13(16)14(20)17-11-7-8-12(19)18(2)15(11)21/h3-6,11,13H,7-8,16H2,1-2H3,(H,17,20). The van der Waals surface area contributed by atoms with Gasteiger partial charge in [-0.05, 0) is 18.9 Å². The Morgan fingerprint density at radius 3 is 2.57 bits per heavy atom. The molecule has 1 aromatic carbocycles. The molecular weight excluding hydrogens is 270 g/mol. The monoisotopic (exact) mass is 289 g/mol. The molecule has 1 aliphatic rings. The van der Waals surface area contributed by atoms with Crippen LogP contribution in [0.4, 0.5) is 0 Å². The summed E-state index contributed by atoms with van der Waals surface area (Å²) >= 11 is 0. The Hall–Kier alpha value is -2.21. The molecule has 1 heterocycles. The van der Waals surface area contributed by atoms with E-state index in [2.05, 4.69) is 5.32 Å². The summed E-state index contributed by atoms with van der Waals surface area (Å²) in [6.07, 6.45) is 0.557. The Morgan fingerprint density at radius 1 is 1.33 bits per heavy atom. The van der Waals surface area contributed by atoms with Gasteiger partial charge in [-0.25, -0.2) is 0 Å². The number of likely N-dealkylation sites (tertiary alicyclic amines) is 1. The van der Waals surface area contributed by atoms with Crippen LogP contribution in [0.5, 0.6) is 0 Å². The number of nitrogens with one attached hydrogen (secondary N) is 1. The van der Waals surface area contributed by atoms with E-state index < -0.39 is 23.9 Å². The van der Waals surface area contributed by atoms with Gasteiger partial charge in [0.2, 0.25) is 11.8 Å². The molecule has 0 aromatic heterocycles. The largest absolute Gasteiger partial charge is 0.343 e. The van der Waals surface area contributed by atoms with Gasteiger partial charge in [0.25, 0.3) is 5.91 Å². The van der Waals surface area contributed by atoms with Gasteiger partial charge in [0.15, 0.2) is 0 Å². The number of hydrogen-bond acceptors (Lipinski definition) is 4. The molecule has 6 nitrogen and oxygen atoms in total. The van der Waals surface area contributed by atoms with E-state index in [1.54, 1.807) is 12.1 Å². The number of aryl methyl sites for hydroxylation is 1. The Morgan fingerprint density at radius 2 is 1.95 bits per heavy atom. The number of imide groups is 1. The van der Waals surface area contributed by atoms with Gasteiger partial charge in [0.1, 0.15) is 12.1 Å². The maximum Gasteiger partial charge on any atom is 0.251 e. The van der Waals surface area contributed by atoms with Crippen molar-refractivity contribution in [3.63, 3.8) is 0 Å². The van der Waals surface area contributed by atoms with Gasteiger partial charge in [0, 0.05) is 13.5 Å². The SMILES string of the molecule is Cc1ccc(C(N)C(=O)NC2CCC(=O)N(C)C2=O)cc1. The van der Waals surface area contributed by atoms with Gasteiger partial charge in [-0.3, -0.25) is 19.3 Å². The molecule has 1 saturated heterocycles. The first-order valence-electron chi connectivity index (χ1n) is 6.83. The smallest absolute Gasteiger partial charge is 0.251 e. The molecular formula is C15H19N3O3. The molecule has 0 saturated carbocycles. The zero-order valence-electron chi connectivity index (χ0n) is 12.1. The van der Waals surface area contributed by atoms with E-state index in [0.29, 0.717) is 12.0 Å². The zero-order valence-corrected chi connectivity index (χ0v) is 12.1. The molecule has 0 aliphatic carbocycles. The van der Waals surface area contributed by atoms with Crippen LogP contribution in [-0.4, -0.2) is 35.7 Å². The van der Waals surface area contributed by atoms with Crippen LogP contribution in [0, 0.1) is 6.92 Å². The maximum atomic E-state index is 12.1. The number of amides is 3. The molecule has 1 aliphatic heterocycles. The molecule has 0 spiro atoms. The van der Waals surface area contributed by atoms with Crippen LogP contribution >= 0.6 is 0 Å². The highest BCUT2D eigenvalue weighted by Gasteiger charge is 2.33. The lowest BCUT2D eigenvalue weighted by atomic mass is 10.0. The van der Waals surface area contributed by atoms with Gasteiger partial charge < -0.3 is 11.1 Å². The molecule has 3 amide bonds. The number of rotatable bonds is 3. The summed E-state index contributed by atoms with van der Waals surface area (Å²) in [5, 5.41) is 2.63. The van der Waals surface area contributed by atoms with E-state index >= 15 is 0 Å². The first-order valence-corrected chi connectivity index (χ1v) is 6.83. The number of nitrogens with zero attached hydrogens (tertiary/aromatic N) is 1. The highest BCUT2D eigenvalue weighted by atomic mass is 16.2. The van der Waals surface area contributed by atoms with Crippen molar-refractivity contribution >= 4 is 17.7 Å². The lowest BCUT2D eigenvalue weighted by molar-refractivity contribution is -0.149. The van der Waals surface area contributed by atoms with E-state index in [1.807, 2.05) is 19.1 Å². The van der Waals surface area contributed by atoms with Crippen LogP contribution in [0.2, 0.25) is 0 Å². The molecule has 2 rings (SSSR count). The predicted octanol–water partition coefficient (Wildman–Crippen LogP) is 0.258. The molecule has 0 bridgehead atoms. The fraction of sp³-hybridized carbons (Fsp3) is 0.400. The molecule has 6 heteroatoms. The summed E-state index contributed by atoms with van der Waals surface area (Å²) in [6.45, 7) is 1.95. The number of benzene rings is 1. The van der Waals surface area contributed by atoms with Crippen molar-refractivity contribution in [2.45, 2.75) is 31.8 Å². The Balaban J connectivity index is 2.02. The summed E-state index contributed by atoms with van der Waals surface area (Å²) < 4.78 is 0. The first-order chi connectivity index (χ1) is 9.90. The molecule has 21 heavy (non-hydrogen) atoms. The second-order valence-corrected chi connectivity index (χ2v) is 5.28. The van der Waals surface area contributed by atoms with Gasteiger partial charge >= 0.3 is 0 Å². The van der Waals surface area contributed by atoms with Crippen molar-refractivity contribution in [2.24, 2.45) is 5.73 Å². The van der Waals surface area contributed by atoms with Crippen LogP contribution in [0.25, 0.3) is 0 Å². The van der Waals surface area contributed by atoms with Crippen molar-refractivity contribution in [2.75, 3.05) is 7.05 Å². The molecule has 0 radical (unpaired) electrons. The maximum absolute atomic E-state index is 12.1. The van der Waals surface area contributed by atoms with Crippen molar-refractivity contribution < 1.29 is 14.4 Å². The average molecular weight is 289 g/mol. The van der Waals surface area contributed by atoms with E-state index in [1.165, 1.54) is 7.05 Å². The number of carbonyl (C=O) groups is 3. The minimum absolute atomic E-state index is 0.228. The van der Waals surface area contributed by atoms with E-state index in [9.17, 15) is 14.4 Å². The van der Waals surface area contributed by atoms with Crippen molar-refractivity contribution in [1.29, 1.82) is 0 Å². The van der Waals surface area contributed by atoms with Crippen molar-refractivity contribution in [3.8, 4) is 0 Å². The topological polar surface area (TPSA) is 92.5 Å². The summed E-state index contributed by atoms with van der Waals surface area (Å²) in [5.41, 5.74) is 7.67. The highest BCUT2D eigenvalue weighted by molar-refractivity contribution is 6.01. The lowest BCUT2D eigenvalue weighted by Gasteiger charge is -2.29. The molecule has 112 valence electrons. The van der Waals surface area contributed by atoms with Crippen LogP contribution < -0.4 is 11.1 Å². The van der Waals surface area contributed by atoms with Crippen LogP contribution in [-0.2, 0) is 14.4 Å². The third kappa shape index (κ3) is 3.28. The Labute approximate surface area is 123 Å². The number of likely N-dealkylation sites (N-methyl/N-ethyl adjacent to an activating group) is 1. The van der Waals surface area contributed by atoms with Gasteiger partial charge in [-0.2, -0.15) is 0 Å². The summed E-state index contributed by atoms with van der Waals surface area (Å²) in [6, 6.07) is 5.81. The van der Waals surface area contributed by atoms with Crippen LogP contribution in [0.3, 0.4) is 0 Å². The fourth-order valence-electron chi connectivity index (χ4n) is 2.24. The molecule has 3 N–H and O–H groups in total. The van der Waals surface area contributed by atoms with Crippen molar-refractivity contribution in [3.05, 3.63) is 35.4 Å². The lowest BCUT2D eigenvalue weighted by Crippen LogP contribution is -2.54. The highest BCUT2D eigenvalue weighted by Crippen LogP contribution is 2.15. The van der Waals surface area contributed by atoms with Gasteiger partial charge in [-0.1, -0.05) is 29.8 Å². The first kappa shape index (κ1) is 15.2. The quantitative estimate of drug-likeness (QED) is 0.781. The summed E-state index contributed by atoms with van der Waals surface area (Å²) in [5.74, 6) is -1.04.